The molecule has 4 aromatic rings. The molecule has 44 heavy (non-hydrogen) atoms. The predicted molar refractivity (Wildman–Crippen MR) is 172 cm³/mol. The third-order valence-corrected chi connectivity index (χ3v) is 7.24. The summed E-state index contributed by atoms with van der Waals surface area (Å²) >= 11 is 9.37. The molecule has 5 amide bonds. The van der Waals surface area contributed by atoms with Crippen molar-refractivity contribution in [2.24, 2.45) is 0 Å². The van der Waals surface area contributed by atoms with Gasteiger partial charge < -0.3 is 14.8 Å². The van der Waals surface area contributed by atoms with Crippen molar-refractivity contribution in [1.29, 1.82) is 0 Å². The number of hydrogen-bond donors (Lipinski definition) is 1. The Morgan fingerprint density at radius 2 is 1.41 bits per heavy atom. The molecular weight excluding hydrogens is 650 g/mol. The van der Waals surface area contributed by atoms with Crippen molar-refractivity contribution in [1.82, 2.24) is 0 Å². The quantitative estimate of drug-likeness (QED) is 0.150. The lowest BCUT2D eigenvalue weighted by atomic mass is 10.0. The first-order valence-corrected chi connectivity index (χ1v) is 14.6. The largest absolute Gasteiger partial charge is 0.490 e. The van der Waals surface area contributed by atoms with Gasteiger partial charge in [0.2, 0.25) is 0 Å². The van der Waals surface area contributed by atoms with E-state index in [0.29, 0.717) is 32.1 Å². The van der Waals surface area contributed by atoms with Crippen LogP contribution in [0.3, 0.4) is 0 Å². The van der Waals surface area contributed by atoms with Crippen molar-refractivity contribution in [2.75, 3.05) is 28.3 Å². The molecule has 1 fully saturated rings. The zero-order valence-corrected chi connectivity index (χ0v) is 25.7. The number of imide groups is 2. The van der Waals surface area contributed by atoms with Crippen LogP contribution in [0.4, 0.5) is 21.9 Å². The molecule has 1 N–H and O–H groups in total. The summed E-state index contributed by atoms with van der Waals surface area (Å²) in [4.78, 5) is 55.4. The van der Waals surface area contributed by atoms with E-state index in [-0.39, 0.29) is 30.3 Å². The van der Waals surface area contributed by atoms with Crippen molar-refractivity contribution in [2.45, 2.75) is 6.92 Å². The Kier molecular flexibility index (Phi) is 9.42. The molecule has 0 unspecified atom stereocenters. The summed E-state index contributed by atoms with van der Waals surface area (Å²) < 4.78 is 12.0. The zero-order valence-electron chi connectivity index (χ0n) is 23.3. The molecule has 5 rings (SSSR count). The topological polar surface area (TPSA) is 105 Å². The van der Waals surface area contributed by atoms with Gasteiger partial charge in [0.25, 0.3) is 17.7 Å². The Morgan fingerprint density at radius 3 is 1.95 bits per heavy atom. The third kappa shape index (κ3) is 6.66. The number of nitrogens with zero attached hydrogens (tertiary/aromatic N) is 2. The number of barbiturate groups is 1. The number of carbonyl (C=O) groups is 4. The van der Waals surface area contributed by atoms with Gasteiger partial charge >= 0.3 is 6.03 Å². The Morgan fingerprint density at radius 1 is 0.841 bits per heavy atom. The summed E-state index contributed by atoms with van der Waals surface area (Å²) in [5.41, 5.74) is 1.38. The van der Waals surface area contributed by atoms with Gasteiger partial charge in [-0.25, -0.2) is 14.6 Å². The number of hydrogen-bond acceptors (Lipinski definition) is 6. The summed E-state index contributed by atoms with van der Waals surface area (Å²) in [5, 5.41) is 3.27. The number of halogens is 2. The minimum atomic E-state index is -0.786. The number of para-hydroxylation sites is 2. The lowest BCUT2D eigenvalue weighted by Crippen LogP contribution is -2.57. The maximum absolute atomic E-state index is 13.7. The third-order valence-electron chi connectivity index (χ3n) is 6.40. The molecule has 1 heterocycles. The zero-order chi connectivity index (χ0) is 31.2. The maximum atomic E-state index is 13.7. The fraction of sp³-hybridized carbons (Fsp3) is 0.0909. The fourth-order valence-electron chi connectivity index (χ4n) is 4.45. The van der Waals surface area contributed by atoms with Crippen molar-refractivity contribution in [3.05, 3.63) is 118 Å². The molecule has 0 spiro atoms. The average molecular weight is 675 g/mol. The standard InChI is InChI=1S/C33H25BrClN3O6/c1-2-43-28-19-21(18-27(34)30(28)44-20-29(39)36-23-15-13-22(35)14-16-23)17-26-31(40)37(24-9-5-3-6-10-24)33(42)38(32(26)41)25-11-7-4-8-12-25/h3-19H,2,20H2,1H3,(H,36,39). The van der Waals surface area contributed by atoms with E-state index in [1.807, 2.05) is 0 Å². The van der Waals surface area contributed by atoms with E-state index >= 15 is 0 Å². The summed E-state index contributed by atoms with van der Waals surface area (Å²) in [6.07, 6.45) is 1.40. The molecule has 0 aromatic heterocycles. The molecule has 9 nitrogen and oxygen atoms in total. The molecule has 0 radical (unpaired) electrons. The highest BCUT2D eigenvalue weighted by atomic mass is 79.9. The minimum Gasteiger partial charge on any atom is -0.490 e. The Bertz CT molecular complexity index is 1680. The van der Waals surface area contributed by atoms with Gasteiger partial charge in [-0.2, -0.15) is 0 Å². The highest BCUT2D eigenvalue weighted by Crippen LogP contribution is 2.38. The predicted octanol–water partition coefficient (Wildman–Crippen LogP) is 7.10. The summed E-state index contributed by atoms with van der Waals surface area (Å²) in [7, 11) is 0. The number of ether oxygens (including phenoxy) is 2. The monoisotopic (exact) mass is 673 g/mol. The molecule has 1 aliphatic heterocycles. The van der Waals surface area contributed by atoms with Crippen LogP contribution in [0.1, 0.15) is 12.5 Å². The number of rotatable bonds is 9. The second-order valence-electron chi connectivity index (χ2n) is 9.40. The summed E-state index contributed by atoms with van der Waals surface area (Å²) in [6.45, 7) is 1.74. The summed E-state index contributed by atoms with van der Waals surface area (Å²) in [5.74, 6) is -1.41. The van der Waals surface area contributed by atoms with Crippen LogP contribution in [0, 0.1) is 0 Å². The van der Waals surface area contributed by atoms with Crippen molar-refractivity contribution in [3.8, 4) is 11.5 Å². The van der Waals surface area contributed by atoms with Crippen LogP contribution in [-0.4, -0.2) is 37.0 Å². The molecule has 0 saturated carbocycles. The Labute approximate surface area is 266 Å². The Balaban J connectivity index is 1.47. The molecule has 0 atom stereocenters. The van der Waals surface area contributed by atoms with Gasteiger partial charge in [0, 0.05) is 10.7 Å². The number of amides is 5. The first-order chi connectivity index (χ1) is 21.3. The molecular formula is C33H25BrClN3O6. The van der Waals surface area contributed by atoms with Gasteiger partial charge in [0.1, 0.15) is 5.57 Å². The second kappa shape index (κ2) is 13.6. The van der Waals surface area contributed by atoms with Gasteiger partial charge in [-0.05, 0) is 95.2 Å². The first-order valence-electron chi connectivity index (χ1n) is 13.5. The molecule has 1 saturated heterocycles. The highest BCUT2D eigenvalue weighted by Gasteiger charge is 2.43. The van der Waals surface area contributed by atoms with Gasteiger partial charge in [-0.1, -0.05) is 48.0 Å². The number of benzene rings is 4. The lowest BCUT2D eigenvalue weighted by Gasteiger charge is -2.34. The fourth-order valence-corrected chi connectivity index (χ4v) is 5.15. The van der Waals surface area contributed by atoms with E-state index < -0.39 is 23.8 Å². The van der Waals surface area contributed by atoms with Crippen LogP contribution in [0.25, 0.3) is 6.08 Å². The second-order valence-corrected chi connectivity index (χ2v) is 10.7. The van der Waals surface area contributed by atoms with Gasteiger partial charge in [0.15, 0.2) is 18.1 Å². The normalized spacial score (nSPS) is 13.2. The summed E-state index contributed by atoms with van der Waals surface area (Å²) in [6, 6.07) is 25.9. The van der Waals surface area contributed by atoms with Crippen molar-refractivity contribution < 1.29 is 28.7 Å². The van der Waals surface area contributed by atoms with Crippen LogP contribution in [0.2, 0.25) is 5.02 Å². The van der Waals surface area contributed by atoms with E-state index in [2.05, 4.69) is 21.2 Å². The highest BCUT2D eigenvalue weighted by molar-refractivity contribution is 9.10. The van der Waals surface area contributed by atoms with Crippen LogP contribution in [0.5, 0.6) is 11.5 Å². The maximum Gasteiger partial charge on any atom is 0.343 e. The lowest BCUT2D eigenvalue weighted by molar-refractivity contribution is -0.121. The molecule has 0 aliphatic carbocycles. The first kappa shape index (κ1) is 30.5. The molecule has 222 valence electrons. The van der Waals surface area contributed by atoms with Crippen molar-refractivity contribution >= 4 is 74.4 Å². The van der Waals surface area contributed by atoms with Gasteiger partial charge in [0.05, 0.1) is 22.5 Å². The Hall–Kier alpha value is -4.93. The van der Waals surface area contributed by atoms with Crippen LogP contribution in [-0.2, 0) is 14.4 Å². The number of anilines is 3. The SMILES string of the molecule is CCOc1cc(C=C2C(=O)N(c3ccccc3)C(=O)N(c3ccccc3)C2=O)cc(Br)c1OCC(=O)Nc1ccc(Cl)cc1. The van der Waals surface area contributed by atoms with Crippen molar-refractivity contribution in [3.63, 3.8) is 0 Å². The van der Waals surface area contributed by atoms with Crippen LogP contribution < -0.4 is 24.6 Å². The number of nitrogens with one attached hydrogen (secondary N) is 1. The minimum absolute atomic E-state index is 0.234. The van der Waals surface area contributed by atoms with Gasteiger partial charge in [-0.15, -0.1) is 0 Å². The van der Waals surface area contributed by atoms with Crippen LogP contribution >= 0.6 is 27.5 Å². The van der Waals surface area contributed by atoms with Crippen LogP contribution in [0.15, 0.2) is 107 Å². The molecule has 0 bridgehead atoms. The van der Waals surface area contributed by atoms with Gasteiger partial charge in [-0.3, -0.25) is 14.4 Å². The van der Waals surface area contributed by atoms with E-state index in [1.54, 1.807) is 104 Å². The molecule has 4 aromatic carbocycles. The number of urea groups is 1. The molecule has 1 aliphatic rings. The average Bonchev–Trinajstić information content (AvgIpc) is 3.01. The van der Waals surface area contributed by atoms with E-state index in [4.69, 9.17) is 21.1 Å². The number of carbonyl (C=O) groups excluding carboxylic acids is 4. The molecule has 11 heteroatoms. The van der Waals surface area contributed by atoms with E-state index in [1.165, 1.54) is 6.08 Å². The smallest absolute Gasteiger partial charge is 0.343 e. The van der Waals surface area contributed by atoms with E-state index in [9.17, 15) is 19.2 Å². The van der Waals surface area contributed by atoms with E-state index in [0.717, 1.165) is 9.80 Å².